The highest BCUT2D eigenvalue weighted by atomic mass is 16.5. The Bertz CT molecular complexity index is 387. The summed E-state index contributed by atoms with van der Waals surface area (Å²) in [6.45, 7) is 9.53. The van der Waals surface area contributed by atoms with E-state index in [-0.39, 0.29) is 0 Å². The third kappa shape index (κ3) is 5.77. The Hall–Kier alpha value is -0.900. The van der Waals surface area contributed by atoms with Crippen molar-refractivity contribution in [1.29, 1.82) is 0 Å². The predicted molar refractivity (Wildman–Crippen MR) is 88.5 cm³/mol. The summed E-state index contributed by atoms with van der Waals surface area (Å²) in [6.07, 6.45) is 2.28. The molecule has 1 saturated heterocycles. The monoisotopic (exact) mass is 290 g/mol. The lowest BCUT2D eigenvalue weighted by Crippen LogP contribution is -2.45. The molecule has 0 aliphatic carbocycles. The maximum absolute atomic E-state index is 5.55. The van der Waals surface area contributed by atoms with Crippen LogP contribution < -0.4 is 10.6 Å². The van der Waals surface area contributed by atoms with Crippen LogP contribution in [-0.4, -0.2) is 31.8 Å². The second-order valence-corrected chi connectivity index (χ2v) is 6.62. The SMILES string of the molecule is CC(C)CC(NC(C)CC1COCCN1)c1ccccc1. The lowest BCUT2D eigenvalue weighted by Gasteiger charge is -2.30. The van der Waals surface area contributed by atoms with Crippen LogP contribution in [0, 0.1) is 5.92 Å². The van der Waals surface area contributed by atoms with Crippen molar-refractivity contribution in [3.63, 3.8) is 0 Å². The lowest BCUT2D eigenvalue weighted by atomic mass is 9.95. The van der Waals surface area contributed by atoms with Crippen molar-refractivity contribution in [2.75, 3.05) is 19.8 Å². The number of rotatable bonds is 7. The lowest BCUT2D eigenvalue weighted by molar-refractivity contribution is 0.0706. The van der Waals surface area contributed by atoms with E-state index in [1.54, 1.807) is 0 Å². The highest BCUT2D eigenvalue weighted by molar-refractivity contribution is 5.19. The summed E-state index contributed by atoms with van der Waals surface area (Å²) in [5.41, 5.74) is 1.39. The van der Waals surface area contributed by atoms with E-state index in [0.29, 0.717) is 24.0 Å². The molecule has 0 saturated carbocycles. The van der Waals surface area contributed by atoms with Gasteiger partial charge in [0.15, 0.2) is 0 Å². The third-order valence-electron chi connectivity index (χ3n) is 4.03. The average molecular weight is 290 g/mol. The van der Waals surface area contributed by atoms with Crippen molar-refractivity contribution in [3.05, 3.63) is 35.9 Å². The topological polar surface area (TPSA) is 33.3 Å². The number of benzene rings is 1. The molecule has 3 unspecified atom stereocenters. The van der Waals surface area contributed by atoms with Gasteiger partial charge in [0.2, 0.25) is 0 Å². The van der Waals surface area contributed by atoms with E-state index in [9.17, 15) is 0 Å². The van der Waals surface area contributed by atoms with Gasteiger partial charge in [-0.1, -0.05) is 44.2 Å². The minimum absolute atomic E-state index is 0.436. The quantitative estimate of drug-likeness (QED) is 0.809. The Morgan fingerprint density at radius 2 is 2.00 bits per heavy atom. The number of hydrogen-bond donors (Lipinski definition) is 2. The normalized spacial score (nSPS) is 22.2. The molecular weight excluding hydrogens is 260 g/mol. The fourth-order valence-electron chi connectivity index (χ4n) is 3.07. The molecule has 1 aliphatic heterocycles. The fraction of sp³-hybridized carbons (Fsp3) is 0.667. The second kappa shape index (κ2) is 8.52. The van der Waals surface area contributed by atoms with Crippen LogP contribution in [0.15, 0.2) is 30.3 Å². The molecule has 1 fully saturated rings. The minimum Gasteiger partial charge on any atom is -0.379 e. The summed E-state index contributed by atoms with van der Waals surface area (Å²) in [4.78, 5) is 0. The van der Waals surface area contributed by atoms with Gasteiger partial charge in [0, 0.05) is 24.7 Å². The zero-order valence-electron chi connectivity index (χ0n) is 13.6. The van der Waals surface area contributed by atoms with Crippen LogP contribution in [0.5, 0.6) is 0 Å². The van der Waals surface area contributed by atoms with Crippen LogP contribution >= 0.6 is 0 Å². The molecule has 118 valence electrons. The third-order valence-corrected chi connectivity index (χ3v) is 4.03. The molecule has 1 aromatic rings. The summed E-state index contributed by atoms with van der Waals surface area (Å²) in [7, 11) is 0. The molecule has 1 aliphatic rings. The van der Waals surface area contributed by atoms with Gasteiger partial charge < -0.3 is 15.4 Å². The number of ether oxygens (including phenoxy) is 1. The first-order chi connectivity index (χ1) is 10.1. The van der Waals surface area contributed by atoms with E-state index >= 15 is 0 Å². The molecular formula is C18H30N2O. The summed E-state index contributed by atoms with van der Waals surface area (Å²) in [5, 5.41) is 7.36. The summed E-state index contributed by atoms with van der Waals surface area (Å²) < 4.78 is 5.55. The molecule has 0 spiro atoms. The number of hydrogen-bond acceptors (Lipinski definition) is 3. The summed E-state index contributed by atoms with van der Waals surface area (Å²) in [6, 6.07) is 12.2. The van der Waals surface area contributed by atoms with Crippen molar-refractivity contribution in [1.82, 2.24) is 10.6 Å². The van der Waals surface area contributed by atoms with Crippen molar-refractivity contribution < 1.29 is 4.74 Å². The van der Waals surface area contributed by atoms with Crippen LogP contribution in [0.1, 0.15) is 45.2 Å². The molecule has 2 N–H and O–H groups in total. The summed E-state index contributed by atoms with van der Waals surface area (Å²) in [5.74, 6) is 0.686. The Balaban J connectivity index is 1.91. The first-order valence-corrected chi connectivity index (χ1v) is 8.27. The van der Waals surface area contributed by atoms with Crippen molar-refractivity contribution in [2.45, 2.75) is 51.7 Å². The van der Waals surface area contributed by atoms with Gasteiger partial charge in [-0.2, -0.15) is 0 Å². The van der Waals surface area contributed by atoms with Gasteiger partial charge in [-0.05, 0) is 31.2 Å². The molecule has 0 aromatic heterocycles. The van der Waals surface area contributed by atoms with E-state index in [1.807, 2.05) is 0 Å². The fourth-order valence-corrected chi connectivity index (χ4v) is 3.07. The molecule has 21 heavy (non-hydrogen) atoms. The van der Waals surface area contributed by atoms with Gasteiger partial charge in [0.05, 0.1) is 13.2 Å². The number of nitrogens with one attached hydrogen (secondary N) is 2. The van der Waals surface area contributed by atoms with Crippen molar-refractivity contribution in [3.8, 4) is 0 Å². The Labute approximate surface area is 129 Å². The van der Waals surface area contributed by atoms with Gasteiger partial charge in [-0.15, -0.1) is 0 Å². The smallest absolute Gasteiger partial charge is 0.0620 e. The zero-order chi connectivity index (χ0) is 15.1. The van der Waals surface area contributed by atoms with Crippen LogP contribution in [0.3, 0.4) is 0 Å². The molecule has 0 radical (unpaired) electrons. The van der Waals surface area contributed by atoms with Crippen LogP contribution in [0.4, 0.5) is 0 Å². The summed E-state index contributed by atoms with van der Waals surface area (Å²) >= 11 is 0. The Morgan fingerprint density at radius 1 is 1.24 bits per heavy atom. The molecule has 0 amide bonds. The van der Waals surface area contributed by atoms with Crippen molar-refractivity contribution in [2.24, 2.45) is 5.92 Å². The van der Waals surface area contributed by atoms with Gasteiger partial charge in [0.1, 0.15) is 0 Å². The van der Waals surface area contributed by atoms with Gasteiger partial charge >= 0.3 is 0 Å². The highest BCUT2D eigenvalue weighted by Crippen LogP contribution is 2.22. The molecule has 1 heterocycles. The van der Waals surface area contributed by atoms with Gasteiger partial charge in [-0.3, -0.25) is 0 Å². The van der Waals surface area contributed by atoms with Crippen LogP contribution in [0.25, 0.3) is 0 Å². The van der Waals surface area contributed by atoms with Crippen LogP contribution in [-0.2, 0) is 4.74 Å². The Morgan fingerprint density at radius 3 is 2.62 bits per heavy atom. The number of morpholine rings is 1. The van der Waals surface area contributed by atoms with Gasteiger partial charge in [-0.25, -0.2) is 0 Å². The minimum atomic E-state index is 0.436. The first kappa shape index (κ1) is 16.5. The molecule has 3 heteroatoms. The first-order valence-electron chi connectivity index (χ1n) is 8.27. The Kier molecular flexibility index (Phi) is 6.68. The van der Waals surface area contributed by atoms with Crippen LogP contribution in [0.2, 0.25) is 0 Å². The van der Waals surface area contributed by atoms with E-state index in [0.717, 1.165) is 26.2 Å². The predicted octanol–water partition coefficient (Wildman–Crippen LogP) is 3.13. The van der Waals surface area contributed by atoms with Crippen molar-refractivity contribution >= 4 is 0 Å². The molecule has 0 bridgehead atoms. The zero-order valence-corrected chi connectivity index (χ0v) is 13.6. The van der Waals surface area contributed by atoms with E-state index in [2.05, 4.69) is 61.7 Å². The van der Waals surface area contributed by atoms with E-state index < -0.39 is 0 Å². The van der Waals surface area contributed by atoms with E-state index in [1.165, 1.54) is 12.0 Å². The standard InChI is InChI=1S/C18H30N2O/c1-14(2)11-18(16-7-5-4-6-8-16)20-15(3)12-17-13-21-10-9-19-17/h4-8,14-15,17-20H,9-13H2,1-3H3. The highest BCUT2D eigenvalue weighted by Gasteiger charge is 2.20. The molecule has 3 nitrogen and oxygen atoms in total. The largest absolute Gasteiger partial charge is 0.379 e. The second-order valence-electron chi connectivity index (χ2n) is 6.62. The molecule has 3 atom stereocenters. The maximum Gasteiger partial charge on any atom is 0.0620 e. The molecule has 1 aromatic carbocycles. The maximum atomic E-state index is 5.55. The molecule has 2 rings (SSSR count). The average Bonchev–Trinajstić information content (AvgIpc) is 2.48. The van der Waals surface area contributed by atoms with E-state index in [4.69, 9.17) is 4.74 Å². The van der Waals surface area contributed by atoms with Gasteiger partial charge in [0.25, 0.3) is 0 Å².